The smallest absolute Gasteiger partial charge is 0.274 e. The van der Waals surface area contributed by atoms with E-state index in [0.717, 1.165) is 19.3 Å². The number of carbonyl (C=O) groups excluding carboxylic acids is 2. The van der Waals surface area contributed by atoms with Crippen molar-refractivity contribution in [1.29, 1.82) is 0 Å². The van der Waals surface area contributed by atoms with Crippen LogP contribution in [0.2, 0.25) is 0 Å². The fraction of sp³-hybridized carbons (Fsp3) is 0.350. The molecule has 0 bridgehead atoms. The number of anilines is 2. The van der Waals surface area contributed by atoms with Gasteiger partial charge >= 0.3 is 0 Å². The number of halogens is 1. The number of nitrogens with zero attached hydrogens (tertiary/aromatic N) is 1. The number of aromatic nitrogens is 1. The Kier molecular flexibility index (Phi) is 4.61. The SMILES string of the molecule is O=C(Nc1ccc(F)cc1NC(=O)[C@@H]1CC12CCOCC2)c1ccccn1. The molecule has 1 saturated heterocycles. The number of pyridine rings is 1. The fourth-order valence-corrected chi connectivity index (χ4v) is 3.68. The summed E-state index contributed by atoms with van der Waals surface area (Å²) in [6, 6.07) is 8.88. The second-order valence-corrected chi connectivity index (χ2v) is 7.08. The molecular formula is C20H20FN3O3. The summed E-state index contributed by atoms with van der Waals surface area (Å²) in [5.41, 5.74) is 0.843. The molecule has 2 fully saturated rings. The van der Waals surface area contributed by atoms with E-state index in [4.69, 9.17) is 4.74 Å². The van der Waals surface area contributed by atoms with Gasteiger partial charge in [-0.05, 0) is 55.0 Å². The predicted octanol–water partition coefficient (Wildman–Crippen LogP) is 3.23. The maximum absolute atomic E-state index is 13.7. The lowest BCUT2D eigenvalue weighted by Crippen LogP contribution is -2.24. The second-order valence-electron chi connectivity index (χ2n) is 7.08. The molecule has 1 spiro atoms. The van der Waals surface area contributed by atoms with E-state index in [2.05, 4.69) is 15.6 Å². The highest BCUT2D eigenvalue weighted by Gasteiger charge is 2.58. The number of hydrogen-bond donors (Lipinski definition) is 2. The van der Waals surface area contributed by atoms with Gasteiger partial charge in [0.2, 0.25) is 5.91 Å². The van der Waals surface area contributed by atoms with E-state index in [1.807, 2.05) is 0 Å². The fourth-order valence-electron chi connectivity index (χ4n) is 3.68. The standard InChI is InChI=1S/C20H20FN3O3/c21-13-4-5-15(23-19(26)16-3-1-2-8-22-16)17(11-13)24-18(25)14-12-20(14)6-9-27-10-7-20/h1-5,8,11,14H,6-7,9-10,12H2,(H,23,26)(H,24,25)/t14-/m0/s1. The van der Waals surface area contributed by atoms with Crippen molar-refractivity contribution in [2.24, 2.45) is 11.3 Å². The van der Waals surface area contributed by atoms with Gasteiger partial charge in [-0.1, -0.05) is 6.07 Å². The molecule has 2 aromatic rings. The van der Waals surface area contributed by atoms with Crippen molar-refractivity contribution < 1.29 is 18.7 Å². The maximum atomic E-state index is 13.7. The predicted molar refractivity (Wildman–Crippen MR) is 97.8 cm³/mol. The summed E-state index contributed by atoms with van der Waals surface area (Å²) in [6.07, 6.45) is 4.09. The summed E-state index contributed by atoms with van der Waals surface area (Å²) in [7, 11) is 0. The van der Waals surface area contributed by atoms with Gasteiger partial charge in [0.25, 0.3) is 5.91 Å². The summed E-state index contributed by atoms with van der Waals surface area (Å²) in [5, 5.41) is 5.47. The third kappa shape index (κ3) is 3.68. The molecule has 140 valence electrons. The Bertz CT molecular complexity index is 866. The summed E-state index contributed by atoms with van der Waals surface area (Å²) in [4.78, 5) is 29.0. The van der Waals surface area contributed by atoms with Gasteiger partial charge in [-0.3, -0.25) is 14.6 Å². The minimum atomic E-state index is -0.488. The van der Waals surface area contributed by atoms with Gasteiger partial charge in [0.05, 0.1) is 11.4 Å². The minimum Gasteiger partial charge on any atom is -0.381 e. The molecule has 2 N–H and O–H groups in total. The Morgan fingerprint density at radius 1 is 1.11 bits per heavy atom. The molecule has 2 aliphatic rings. The molecule has 2 heterocycles. The lowest BCUT2D eigenvalue weighted by molar-refractivity contribution is -0.118. The van der Waals surface area contributed by atoms with Crippen LogP contribution >= 0.6 is 0 Å². The summed E-state index contributed by atoms with van der Waals surface area (Å²) < 4.78 is 19.1. The molecule has 1 atom stereocenters. The first-order valence-electron chi connectivity index (χ1n) is 8.98. The van der Waals surface area contributed by atoms with E-state index in [-0.39, 0.29) is 28.6 Å². The van der Waals surface area contributed by atoms with E-state index in [0.29, 0.717) is 18.9 Å². The Labute approximate surface area is 156 Å². The zero-order chi connectivity index (χ0) is 18.9. The molecule has 1 saturated carbocycles. The zero-order valence-corrected chi connectivity index (χ0v) is 14.7. The van der Waals surface area contributed by atoms with Crippen LogP contribution in [0.4, 0.5) is 15.8 Å². The quantitative estimate of drug-likeness (QED) is 0.867. The molecule has 6 nitrogen and oxygen atoms in total. The monoisotopic (exact) mass is 369 g/mol. The number of carbonyl (C=O) groups is 2. The van der Waals surface area contributed by atoms with Crippen molar-refractivity contribution in [3.05, 3.63) is 54.1 Å². The lowest BCUT2D eigenvalue weighted by Gasteiger charge is -2.22. The molecule has 4 rings (SSSR count). The van der Waals surface area contributed by atoms with Crippen LogP contribution in [0.3, 0.4) is 0 Å². The van der Waals surface area contributed by atoms with Gasteiger partial charge in [-0.25, -0.2) is 4.39 Å². The normalized spacial score (nSPS) is 20.1. The Balaban J connectivity index is 1.48. The van der Waals surface area contributed by atoms with Crippen molar-refractivity contribution in [1.82, 2.24) is 4.98 Å². The van der Waals surface area contributed by atoms with Crippen LogP contribution in [-0.4, -0.2) is 30.0 Å². The lowest BCUT2D eigenvalue weighted by atomic mass is 9.93. The molecule has 0 radical (unpaired) electrons. The Morgan fingerprint density at radius 2 is 1.93 bits per heavy atom. The third-order valence-electron chi connectivity index (χ3n) is 5.38. The maximum Gasteiger partial charge on any atom is 0.274 e. The first-order valence-corrected chi connectivity index (χ1v) is 8.98. The Hall–Kier alpha value is -2.80. The average Bonchev–Trinajstić information content (AvgIpc) is 3.38. The number of nitrogens with one attached hydrogen (secondary N) is 2. The highest BCUT2D eigenvalue weighted by Crippen LogP contribution is 2.59. The molecule has 7 heteroatoms. The minimum absolute atomic E-state index is 0.0209. The topological polar surface area (TPSA) is 80.3 Å². The third-order valence-corrected chi connectivity index (χ3v) is 5.38. The number of hydrogen-bond acceptors (Lipinski definition) is 4. The van der Waals surface area contributed by atoms with Crippen molar-refractivity contribution in [3.8, 4) is 0 Å². The van der Waals surface area contributed by atoms with Crippen molar-refractivity contribution >= 4 is 23.2 Å². The van der Waals surface area contributed by atoms with Crippen LogP contribution in [0.25, 0.3) is 0 Å². The summed E-state index contributed by atoms with van der Waals surface area (Å²) >= 11 is 0. The van der Waals surface area contributed by atoms with E-state index < -0.39 is 11.7 Å². The van der Waals surface area contributed by atoms with Crippen molar-refractivity contribution in [2.45, 2.75) is 19.3 Å². The molecule has 1 aromatic carbocycles. The van der Waals surface area contributed by atoms with Gasteiger partial charge in [0.15, 0.2) is 0 Å². The van der Waals surface area contributed by atoms with Crippen molar-refractivity contribution in [2.75, 3.05) is 23.8 Å². The second kappa shape index (κ2) is 7.08. The van der Waals surface area contributed by atoms with Gasteiger partial charge in [-0.15, -0.1) is 0 Å². The zero-order valence-electron chi connectivity index (χ0n) is 14.7. The molecule has 27 heavy (non-hydrogen) atoms. The Morgan fingerprint density at radius 3 is 2.67 bits per heavy atom. The van der Waals surface area contributed by atoms with Gasteiger partial charge in [0, 0.05) is 25.3 Å². The molecule has 1 aromatic heterocycles. The number of benzene rings is 1. The van der Waals surface area contributed by atoms with E-state index in [1.165, 1.54) is 24.4 Å². The van der Waals surface area contributed by atoms with Gasteiger partial charge < -0.3 is 15.4 Å². The first kappa shape index (κ1) is 17.6. The molecule has 0 unspecified atom stereocenters. The highest BCUT2D eigenvalue weighted by atomic mass is 19.1. The number of rotatable bonds is 4. The molecular weight excluding hydrogens is 349 g/mol. The largest absolute Gasteiger partial charge is 0.381 e. The van der Waals surface area contributed by atoms with Crippen LogP contribution in [0.15, 0.2) is 42.6 Å². The summed E-state index contributed by atoms with van der Waals surface area (Å²) in [6.45, 7) is 1.35. The van der Waals surface area contributed by atoms with Gasteiger partial charge in [0.1, 0.15) is 11.5 Å². The van der Waals surface area contributed by atoms with Crippen LogP contribution in [0, 0.1) is 17.2 Å². The van der Waals surface area contributed by atoms with E-state index in [9.17, 15) is 14.0 Å². The molecule has 1 aliphatic carbocycles. The number of amides is 2. The van der Waals surface area contributed by atoms with Crippen molar-refractivity contribution in [3.63, 3.8) is 0 Å². The van der Waals surface area contributed by atoms with Crippen LogP contribution in [0.1, 0.15) is 29.8 Å². The van der Waals surface area contributed by atoms with Gasteiger partial charge in [-0.2, -0.15) is 0 Å². The van der Waals surface area contributed by atoms with E-state index in [1.54, 1.807) is 18.2 Å². The number of ether oxygens (including phenoxy) is 1. The molecule has 1 aliphatic heterocycles. The van der Waals surface area contributed by atoms with Crippen LogP contribution in [0.5, 0.6) is 0 Å². The average molecular weight is 369 g/mol. The first-order chi connectivity index (χ1) is 13.1. The highest BCUT2D eigenvalue weighted by molar-refractivity contribution is 6.06. The summed E-state index contributed by atoms with van der Waals surface area (Å²) in [5.74, 6) is -1.15. The van der Waals surface area contributed by atoms with Crippen LogP contribution in [-0.2, 0) is 9.53 Å². The van der Waals surface area contributed by atoms with Crippen LogP contribution < -0.4 is 10.6 Å². The molecule has 2 amide bonds. The van der Waals surface area contributed by atoms with E-state index >= 15 is 0 Å².